The van der Waals surface area contributed by atoms with Crippen molar-refractivity contribution in [2.24, 2.45) is 0 Å². The van der Waals surface area contributed by atoms with Gasteiger partial charge in [0.2, 0.25) is 17.7 Å². The molecule has 9 nitrogen and oxygen atoms in total. The van der Waals surface area contributed by atoms with Crippen molar-refractivity contribution >= 4 is 21.8 Å². The lowest BCUT2D eigenvalue weighted by Gasteiger charge is -2.17. The molecule has 0 unspecified atom stereocenters. The van der Waals surface area contributed by atoms with Crippen molar-refractivity contribution in [3.05, 3.63) is 200 Å². The van der Waals surface area contributed by atoms with Crippen LogP contribution in [0.1, 0.15) is 11.1 Å². The van der Waals surface area contributed by atoms with E-state index in [1.807, 2.05) is 126 Å². The van der Waals surface area contributed by atoms with Gasteiger partial charge in [-0.2, -0.15) is 0 Å². The Bertz CT molecular complexity index is 2950. The highest BCUT2D eigenvalue weighted by Gasteiger charge is 2.20. The number of rotatable bonds is 11. The van der Waals surface area contributed by atoms with Crippen LogP contribution < -0.4 is 18.9 Å². The number of fused-ring (bicyclic) bond motifs is 3. The van der Waals surface area contributed by atoms with Gasteiger partial charge in [0.15, 0.2) is 0 Å². The number of ether oxygens (including phenoxy) is 4. The van der Waals surface area contributed by atoms with E-state index in [1.54, 1.807) is 30.9 Å². The highest BCUT2D eigenvalue weighted by molar-refractivity contribution is 6.09. The van der Waals surface area contributed by atoms with Crippen molar-refractivity contribution in [3.8, 4) is 74.5 Å². The summed E-state index contributed by atoms with van der Waals surface area (Å²) in [7, 11) is 0. The standard InChI is InChI=1S/C52H37N5O4/c1-34-28-40(60-48-18-9-11-24-53-48)32-46(50(34)36-14-5-3-6-15-36)58-38-20-22-42-43-23-21-39(31-45(43)57(44(42)30-38)52-55-26-13-27-56-52)59-47-33-41(61-49-19-10-12-25-54-49)29-35(2)51(47)37-16-7-4-8-17-37/h3-33H,1-2H3. The van der Waals surface area contributed by atoms with Gasteiger partial charge in [-0.05, 0) is 90.7 Å². The van der Waals surface area contributed by atoms with Gasteiger partial charge in [-0.3, -0.25) is 4.57 Å². The summed E-state index contributed by atoms with van der Waals surface area (Å²) >= 11 is 0. The molecule has 0 saturated heterocycles. The Balaban J connectivity index is 1.08. The van der Waals surface area contributed by atoms with Crippen LogP contribution in [0.15, 0.2) is 189 Å². The zero-order chi connectivity index (χ0) is 41.1. The predicted molar refractivity (Wildman–Crippen MR) is 238 cm³/mol. The summed E-state index contributed by atoms with van der Waals surface area (Å²) in [6, 6.07) is 53.4. The van der Waals surface area contributed by atoms with Crippen LogP contribution in [-0.2, 0) is 0 Å². The fourth-order valence-corrected chi connectivity index (χ4v) is 7.71. The van der Waals surface area contributed by atoms with Crippen LogP contribution in [0.4, 0.5) is 0 Å². The molecule has 294 valence electrons. The SMILES string of the molecule is Cc1cc(Oc2ccccn2)cc(Oc2ccc3c4ccc(Oc5cc(Oc6ccccn6)cc(C)c5-c5ccccc5)cc4n(-c4ncccn4)c3c2)c1-c1ccccc1. The highest BCUT2D eigenvalue weighted by atomic mass is 16.5. The van der Waals surface area contributed by atoms with Gasteiger partial charge in [-0.1, -0.05) is 72.8 Å². The first-order valence-electron chi connectivity index (χ1n) is 19.8. The molecule has 10 rings (SSSR count). The van der Waals surface area contributed by atoms with Crippen LogP contribution in [-0.4, -0.2) is 24.5 Å². The first kappa shape index (κ1) is 37.0. The molecule has 4 heterocycles. The summed E-state index contributed by atoms with van der Waals surface area (Å²) in [6.07, 6.45) is 6.89. The summed E-state index contributed by atoms with van der Waals surface area (Å²) < 4.78 is 28.1. The Kier molecular flexibility index (Phi) is 9.80. The number of pyridine rings is 2. The van der Waals surface area contributed by atoms with Crippen molar-refractivity contribution in [3.63, 3.8) is 0 Å². The lowest BCUT2D eigenvalue weighted by Crippen LogP contribution is -2.00. The Labute approximate surface area is 352 Å². The molecule has 61 heavy (non-hydrogen) atoms. The molecule has 0 aliphatic rings. The zero-order valence-electron chi connectivity index (χ0n) is 33.3. The van der Waals surface area contributed by atoms with Crippen molar-refractivity contribution < 1.29 is 18.9 Å². The molecule has 0 spiro atoms. The second-order valence-corrected chi connectivity index (χ2v) is 14.4. The van der Waals surface area contributed by atoms with E-state index < -0.39 is 0 Å². The molecule has 0 atom stereocenters. The number of benzene rings is 6. The third-order valence-electron chi connectivity index (χ3n) is 10.3. The molecule has 6 aromatic carbocycles. The van der Waals surface area contributed by atoms with Crippen LogP contribution in [0.3, 0.4) is 0 Å². The van der Waals surface area contributed by atoms with Crippen molar-refractivity contribution in [2.75, 3.05) is 0 Å². The van der Waals surface area contributed by atoms with Gasteiger partial charge in [0.25, 0.3) is 0 Å². The van der Waals surface area contributed by atoms with E-state index in [0.717, 1.165) is 55.2 Å². The van der Waals surface area contributed by atoms with E-state index in [-0.39, 0.29) is 0 Å². The van der Waals surface area contributed by atoms with Crippen molar-refractivity contribution in [1.29, 1.82) is 0 Å². The predicted octanol–water partition coefficient (Wildman–Crippen LogP) is 13.5. The molecular formula is C52H37N5O4. The van der Waals surface area contributed by atoms with E-state index in [9.17, 15) is 0 Å². The third-order valence-corrected chi connectivity index (χ3v) is 10.3. The third kappa shape index (κ3) is 7.59. The van der Waals surface area contributed by atoms with Crippen LogP contribution in [0.2, 0.25) is 0 Å². The molecular weight excluding hydrogens is 759 g/mol. The monoisotopic (exact) mass is 795 g/mol. The lowest BCUT2D eigenvalue weighted by molar-refractivity contribution is 0.449. The minimum absolute atomic E-state index is 0.495. The van der Waals surface area contributed by atoms with E-state index in [4.69, 9.17) is 28.9 Å². The van der Waals surface area contributed by atoms with Gasteiger partial charge in [-0.15, -0.1) is 0 Å². The Hall–Kier alpha value is -8.30. The summed E-state index contributed by atoms with van der Waals surface area (Å²) in [5, 5.41) is 2.00. The van der Waals surface area contributed by atoms with Gasteiger partial charge in [0.1, 0.15) is 34.5 Å². The molecule has 0 fully saturated rings. The van der Waals surface area contributed by atoms with Crippen LogP contribution in [0.25, 0.3) is 50.0 Å². The van der Waals surface area contributed by atoms with Crippen molar-refractivity contribution in [2.45, 2.75) is 13.8 Å². The first-order chi connectivity index (χ1) is 30.0. The summed E-state index contributed by atoms with van der Waals surface area (Å²) in [5.74, 6) is 5.27. The summed E-state index contributed by atoms with van der Waals surface area (Å²) in [4.78, 5) is 18.2. The fourth-order valence-electron chi connectivity index (χ4n) is 7.71. The number of aryl methyl sites for hydroxylation is 2. The normalized spacial score (nSPS) is 11.1. The fraction of sp³-hybridized carbons (Fsp3) is 0.0385. The molecule has 4 aromatic heterocycles. The average Bonchev–Trinajstić information content (AvgIpc) is 3.60. The maximum atomic E-state index is 6.85. The molecule has 0 aliphatic heterocycles. The van der Waals surface area contributed by atoms with Crippen LogP contribution in [0.5, 0.6) is 46.3 Å². The van der Waals surface area contributed by atoms with Gasteiger partial charge in [0.05, 0.1) is 11.0 Å². The summed E-state index contributed by atoms with van der Waals surface area (Å²) in [6.45, 7) is 4.11. The Morgan fingerprint density at radius 1 is 0.377 bits per heavy atom. The Morgan fingerprint density at radius 2 is 0.820 bits per heavy atom. The first-order valence-corrected chi connectivity index (χ1v) is 19.8. The molecule has 0 amide bonds. The van der Waals surface area contributed by atoms with E-state index in [2.05, 4.69) is 60.2 Å². The zero-order valence-corrected chi connectivity index (χ0v) is 33.3. The second-order valence-electron chi connectivity index (χ2n) is 14.4. The average molecular weight is 796 g/mol. The Morgan fingerprint density at radius 3 is 1.26 bits per heavy atom. The lowest BCUT2D eigenvalue weighted by atomic mass is 9.99. The van der Waals surface area contributed by atoms with Crippen LogP contribution >= 0.6 is 0 Å². The maximum Gasteiger partial charge on any atom is 0.234 e. The molecule has 0 aliphatic carbocycles. The van der Waals surface area contributed by atoms with Gasteiger partial charge >= 0.3 is 0 Å². The van der Waals surface area contributed by atoms with Crippen molar-refractivity contribution in [1.82, 2.24) is 24.5 Å². The highest BCUT2D eigenvalue weighted by Crippen LogP contribution is 2.44. The van der Waals surface area contributed by atoms with Gasteiger partial charge in [-0.25, -0.2) is 19.9 Å². The number of hydrogen-bond donors (Lipinski definition) is 0. The second kappa shape index (κ2) is 16.2. The summed E-state index contributed by atoms with van der Waals surface area (Å²) in [5.41, 5.74) is 7.69. The van der Waals surface area contributed by atoms with E-state index in [1.165, 1.54) is 0 Å². The molecule has 0 radical (unpaired) electrons. The largest absolute Gasteiger partial charge is 0.456 e. The van der Waals surface area contributed by atoms with E-state index in [0.29, 0.717) is 52.2 Å². The smallest absolute Gasteiger partial charge is 0.234 e. The van der Waals surface area contributed by atoms with E-state index >= 15 is 0 Å². The number of nitrogens with zero attached hydrogens (tertiary/aromatic N) is 5. The number of aromatic nitrogens is 5. The quantitative estimate of drug-likeness (QED) is 0.128. The molecule has 0 saturated carbocycles. The maximum absolute atomic E-state index is 6.85. The molecule has 9 heteroatoms. The molecule has 0 N–H and O–H groups in total. The minimum atomic E-state index is 0.495. The molecule has 10 aromatic rings. The van der Waals surface area contributed by atoms with Gasteiger partial charge < -0.3 is 18.9 Å². The van der Waals surface area contributed by atoms with Crippen LogP contribution in [0, 0.1) is 13.8 Å². The number of hydrogen-bond acceptors (Lipinski definition) is 8. The minimum Gasteiger partial charge on any atom is -0.456 e. The molecule has 0 bridgehead atoms. The topological polar surface area (TPSA) is 93.4 Å². The van der Waals surface area contributed by atoms with Gasteiger partial charge in [0, 0.05) is 83.1 Å².